The summed E-state index contributed by atoms with van der Waals surface area (Å²) in [7, 11) is 1.78. The number of likely N-dealkylation sites (tertiary alicyclic amines) is 1. The highest BCUT2D eigenvalue weighted by Gasteiger charge is 2.52. The van der Waals surface area contributed by atoms with Crippen LogP contribution in [0.4, 0.5) is 0 Å². The lowest BCUT2D eigenvalue weighted by molar-refractivity contribution is -0.154. The zero-order valence-corrected chi connectivity index (χ0v) is 13.7. The average Bonchev–Trinajstić information content (AvgIpc) is 3.32. The van der Waals surface area contributed by atoms with Crippen molar-refractivity contribution in [3.8, 4) is 0 Å². The third kappa shape index (κ3) is 3.96. The number of hydrogen-bond donors (Lipinski definition) is 1. The minimum absolute atomic E-state index is 0.0751. The molecule has 2 fully saturated rings. The van der Waals surface area contributed by atoms with Gasteiger partial charge in [0.05, 0.1) is 12.7 Å². The standard InChI is InChI=1S/C16H30N2O3/c1-4-17-16(13-8-9-13,15(19)21-5-2)12-18-10-6-7-14(11-18)20-3/h13-14,17H,4-12H2,1-3H3. The van der Waals surface area contributed by atoms with E-state index >= 15 is 0 Å². The van der Waals surface area contributed by atoms with Gasteiger partial charge in [-0.2, -0.15) is 0 Å². The molecule has 1 saturated carbocycles. The Morgan fingerprint density at radius 1 is 1.33 bits per heavy atom. The first kappa shape index (κ1) is 16.7. The van der Waals surface area contributed by atoms with E-state index in [1.165, 1.54) is 0 Å². The van der Waals surface area contributed by atoms with E-state index in [0.717, 1.165) is 51.9 Å². The van der Waals surface area contributed by atoms with Gasteiger partial charge in [-0.1, -0.05) is 6.92 Å². The van der Waals surface area contributed by atoms with E-state index in [2.05, 4.69) is 17.1 Å². The SMILES string of the molecule is CCNC(CN1CCCC(OC)C1)(C(=O)OCC)C1CC1. The van der Waals surface area contributed by atoms with Crippen LogP contribution in [0.25, 0.3) is 0 Å². The third-order valence-electron chi connectivity index (χ3n) is 4.67. The number of likely N-dealkylation sites (N-methyl/N-ethyl adjacent to an activating group) is 1. The van der Waals surface area contributed by atoms with Gasteiger partial charge in [0.25, 0.3) is 0 Å². The van der Waals surface area contributed by atoms with Crippen LogP contribution in [0.2, 0.25) is 0 Å². The predicted octanol–water partition coefficient (Wildman–Crippen LogP) is 1.42. The molecular formula is C16H30N2O3. The normalized spacial score (nSPS) is 26.3. The van der Waals surface area contributed by atoms with Crippen LogP contribution in [0.1, 0.15) is 39.5 Å². The summed E-state index contributed by atoms with van der Waals surface area (Å²) in [6.45, 7) is 7.86. The van der Waals surface area contributed by atoms with Gasteiger partial charge in [0.2, 0.25) is 0 Å². The van der Waals surface area contributed by atoms with Crippen molar-refractivity contribution >= 4 is 5.97 Å². The van der Waals surface area contributed by atoms with Gasteiger partial charge in [-0.3, -0.25) is 4.90 Å². The van der Waals surface area contributed by atoms with E-state index in [4.69, 9.17) is 9.47 Å². The number of nitrogens with one attached hydrogen (secondary N) is 1. The lowest BCUT2D eigenvalue weighted by Crippen LogP contribution is -2.62. The minimum atomic E-state index is -0.527. The van der Waals surface area contributed by atoms with E-state index in [9.17, 15) is 4.79 Å². The number of carbonyl (C=O) groups excluding carboxylic acids is 1. The number of carbonyl (C=O) groups is 1. The smallest absolute Gasteiger partial charge is 0.327 e. The maximum Gasteiger partial charge on any atom is 0.327 e. The van der Waals surface area contributed by atoms with Crippen molar-refractivity contribution < 1.29 is 14.3 Å². The molecule has 5 nitrogen and oxygen atoms in total. The fourth-order valence-electron chi connectivity index (χ4n) is 3.49. The molecule has 122 valence electrons. The van der Waals surface area contributed by atoms with E-state index in [0.29, 0.717) is 18.6 Å². The first-order valence-electron chi connectivity index (χ1n) is 8.33. The number of esters is 1. The number of hydrogen-bond acceptors (Lipinski definition) is 5. The van der Waals surface area contributed by atoms with Crippen LogP contribution in [-0.2, 0) is 14.3 Å². The van der Waals surface area contributed by atoms with Crippen molar-refractivity contribution in [3.63, 3.8) is 0 Å². The molecule has 2 aliphatic rings. The van der Waals surface area contributed by atoms with Crippen molar-refractivity contribution in [1.82, 2.24) is 10.2 Å². The summed E-state index contributed by atoms with van der Waals surface area (Å²) < 4.78 is 10.9. The van der Waals surface area contributed by atoms with Crippen molar-refractivity contribution in [2.24, 2.45) is 5.92 Å². The van der Waals surface area contributed by atoms with Gasteiger partial charge >= 0.3 is 5.97 Å². The number of piperidine rings is 1. The maximum absolute atomic E-state index is 12.6. The number of methoxy groups -OCH3 is 1. The van der Waals surface area contributed by atoms with E-state index in [1.54, 1.807) is 7.11 Å². The maximum atomic E-state index is 12.6. The predicted molar refractivity (Wildman–Crippen MR) is 82.2 cm³/mol. The molecule has 0 bridgehead atoms. The quantitative estimate of drug-likeness (QED) is 0.687. The van der Waals surface area contributed by atoms with Crippen LogP contribution in [0.3, 0.4) is 0 Å². The zero-order valence-electron chi connectivity index (χ0n) is 13.7. The van der Waals surface area contributed by atoms with Gasteiger partial charge in [0.1, 0.15) is 5.54 Å². The highest BCUT2D eigenvalue weighted by atomic mass is 16.5. The molecular weight excluding hydrogens is 268 g/mol. The number of rotatable bonds is 8. The molecule has 2 atom stereocenters. The monoisotopic (exact) mass is 298 g/mol. The van der Waals surface area contributed by atoms with E-state index < -0.39 is 5.54 Å². The number of ether oxygens (including phenoxy) is 2. The van der Waals surface area contributed by atoms with Crippen LogP contribution in [0, 0.1) is 5.92 Å². The molecule has 5 heteroatoms. The van der Waals surface area contributed by atoms with Crippen molar-refractivity contribution in [1.29, 1.82) is 0 Å². The Hall–Kier alpha value is -0.650. The van der Waals surface area contributed by atoms with Gasteiger partial charge in [0, 0.05) is 20.2 Å². The van der Waals surface area contributed by atoms with E-state index in [1.807, 2.05) is 6.92 Å². The Morgan fingerprint density at radius 3 is 2.67 bits per heavy atom. The molecule has 0 aromatic rings. The first-order chi connectivity index (χ1) is 10.2. The molecule has 1 N–H and O–H groups in total. The molecule has 1 aliphatic carbocycles. The molecule has 0 aromatic carbocycles. The largest absolute Gasteiger partial charge is 0.465 e. The van der Waals surface area contributed by atoms with Crippen LogP contribution < -0.4 is 5.32 Å². The lowest BCUT2D eigenvalue weighted by atomic mass is 9.91. The second-order valence-electron chi connectivity index (χ2n) is 6.23. The topological polar surface area (TPSA) is 50.8 Å². The Kier molecular flexibility index (Phi) is 6.02. The molecule has 21 heavy (non-hydrogen) atoms. The van der Waals surface area contributed by atoms with Crippen LogP contribution in [0.5, 0.6) is 0 Å². The molecule has 0 aromatic heterocycles. The van der Waals surface area contributed by atoms with Crippen molar-refractivity contribution in [3.05, 3.63) is 0 Å². The first-order valence-corrected chi connectivity index (χ1v) is 8.33. The molecule has 0 radical (unpaired) electrons. The molecule has 2 rings (SSSR count). The molecule has 0 spiro atoms. The molecule has 2 unspecified atom stereocenters. The van der Waals surface area contributed by atoms with Gasteiger partial charge in [-0.05, 0) is 51.6 Å². The third-order valence-corrected chi connectivity index (χ3v) is 4.67. The molecule has 1 heterocycles. The van der Waals surface area contributed by atoms with Gasteiger partial charge in [0.15, 0.2) is 0 Å². The Labute approximate surface area is 128 Å². The zero-order chi connectivity index (χ0) is 15.3. The van der Waals surface area contributed by atoms with Gasteiger partial charge in [-0.25, -0.2) is 4.79 Å². The van der Waals surface area contributed by atoms with Crippen LogP contribution in [0.15, 0.2) is 0 Å². The summed E-state index contributed by atoms with van der Waals surface area (Å²) in [4.78, 5) is 15.0. The highest BCUT2D eigenvalue weighted by Crippen LogP contribution is 2.41. The van der Waals surface area contributed by atoms with Crippen LogP contribution >= 0.6 is 0 Å². The molecule has 0 amide bonds. The lowest BCUT2D eigenvalue weighted by Gasteiger charge is -2.40. The van der Waals surface area contributed by atoms with Crippen LogP contribution in [-0.4, -0.2) is 62.4 Å². The second kappa shape index (κ2) is 7.56. The molecule has 1 aliphatic heterocycles. The van der Waals surface area contributed by atoms with E-state index in [-0.39, 0.29) is 5.97 Å². The Bertz CT molecular complexity index is 346. The minimum Gasteiger partial charge on any atom is -0.465 e. The number of nitrogens with zero attached hydrogens (tertiary/aromatic N) is 1. The second-order valence-corrected chi connectivity index (χ2v) is 6.23. The van der Waals surface area contributed by atoms with Gasteiger partial charge in [-0.15, -0.1) is 0 Å². The fraction of sp³-hybridized carbons (Fsp3) is 0.938. The fourth-order valence-corrected chi connectivity index (χ4v) is 3.49. The van der Waals surface area contributed by atoms with Gasteiger partial charge < -0.3 is 14.8 Å². The summed E-state index contributed by atoms with van der Waals surface area (Å²) in [6, 6.07) is 0. The summed E-state index contributed by atoms with van der Waals surface area (Å²) in [6.07, 6.45) is 4.78. The average molecular weight is 298 g/mol. The van der Waals surface area contributed by atoms with Crippen molar-refractivity contribution in [2.75, 3.05) is 39.9 Å². The summed E-state index contributed by atoms with van der Waals surface area (Å²) in [5, 5.41) is 3.47. The summed E-state index contributed by atoms with van der Waals surface area (Å²) in [5.41, 5.74) is -0.527. The Morgan fingerprint density at radius 2 is 2.10 bits per heavy atom. The molecule has 1 saturated heterocycles. The Balaban J connectivity index is 2.09. The van der Waals surface area contributed by atoms with Crippen molar-refractivity contribution in [2.45, 2.75) is 51.2 Å². The summed E-state index contributed by atoms with van der Waals surface area (Å²) in [5.74, 6) is 0.341. The summed E-state index contributed by atoms with van der Waals surface area (Å²) >= 11 is 0. The highest BCUT2D eigenvalue weighted by molar-refractivity contribution is 5.82.